The van der Waals surface area contributed by atoms with Crippen LogP contribution < -0.4 is 0 Å². The van der Waals surface area contributed by atoms with E-state index in [2.05, 4.69) is 15.1 Å². The van der Waals surface area contributed by atoms with E-state index < -0.39 is 7.52 Å². The standard InChI is InChI=1S/C5H7N4O2P/c1-2-11-12(10)4-7-5-6-3-8-9(5)12/h3-4H,2H2,1H3. The Labute approximate surface area is 68.8 Å². The molecule has 64 valence electrons. The molecule has 2 rings (SSSR count). The molecule has 0 amide bonds. The van der Waals surface area contributed by atoms with Gasteiger partial charge in [-0.15, -0.1) is 9.55 Å². The summed E-state index contributed by atoms with van der Waals surface area (Å²) in [6, 6.07) is 0. The lowest BCUT2D eigenvalue weighted by atomic mass is 10.9. The van der Waals surface area contributed by atoms with Crippen molar-refractivity contribution in [3.8, 4) is 0 Å². The molecule has 2 heterocycles. The molecule has 1 unspecified atom stereocenters. The minimum atomic E-state index is -2.96. The largest absolute Gasteiger partial charge is 0.360 e. The van der Waals surface area contributed by atoms with Gasteiger partial charge in [-0.3, -0.25) is 4.57 Å². The van der Waals surface area contributed by atoms with Gasteiger partial charge >= 0.3 is 7.52 Å². The van der Waals surface area contributed by atoms with Crippen LogP contribution in [0.2, 0.25) is 0 Å². The lowest BCUT2D eigenvalue weighted by Gasteiger charge is -2.07. The highest BCUT2D eigenvalue weighted by molar-refractivity contribution is 7.73. The number of hydrogen-bond donors (Lipinski definition) is 0. The van der Waals surface area contributed by atoms with Gasteiger partial charge in [0.2, 0.25) is 0 Å². The molecule has 0 spiro atoms. The van der Waals surface area contributed by atoms with E-state index in [4.69, 9.17) is 4.52 Å². The van der Waals surface area contributed by atoms with Crippen LogP contribution >= 0.6 is 7.52 Å². The number of fused-ring (bicyclic) bond motifs is 1. The highest BCUT2D eigenvalue weighted by Crippen LogP contribution is 2.51. The Bertz CT molecular complexity index is 371. The maximum atomic E-state index is 11.8. The summed E-state index contributed by atoms with van der Waals surface area (Å²) < 4.78 is 18.0. The quantitative estimate of drug-likeness (QED) is 0.646. The van der Waals surface area contributed by atoms with Crippen molar-refractivity contribution in [1.29, 1.82) is 0 Å². The summed E-state index contributed by atoms with van der Waals surface area (Å²) in [5.74, 6) is 1.61. The van der Waals surface area contributed by atoms with Gasteiger partial charge in [0, 0.05) is 0 Å². The summed E-state index contributed by atoms with van der Waals surface area (Å²) in [4.78, 5) is 7.58. The maximum Gasteiger partial charge on any atom is 0.360 e. The molecule has 0 saturated heterocycles. The van der Waals surface area contributed by atoms with E-state index in [0.29, 0.717) is 12.6 Å². The summed E-state index contributed by atoms with van der Waals surface area (Å²) >= 11 is 0. The normalized spacial score (nSPS) is 26.1. The zero-order valence-electron chi connectivity index (χ0n) is 6.41. The van der Waals surface area contributed by atoms with Crippen LogP contribution in [0.3, 0.4) is 0 Å². The number of aromatic nitrogens is 3. The highest BCUT2D eigenvalue weighted by Gasteiger charge is 2.32. The first-order valence-corrected chi connectivity index (χ1v) is 5.11. The first-order chi connectivity index (χ1) is 5.76. The van der Waals surface area contributed by atoms with Crippen molar-refractivity contribution in [3.05, 3.63) is 6.33 Å². The molecule has 7 heteroatoms. The summed E-state index contributed by atoms with van der Waals surface area (Å²) in [7, 11) is -2.96. The van der Waals surface area contributed by atoms with Crippen molar-refractivity contribution < 1.29 is 9.09 Å². The first kappa shape index (κ1) is 7.64. The predicted octanol–water partition coefficient (Wildman–Crippen LogP) is 1.03. The lowest BCUT2D eigenvalue weighted by molar-refractivity contribution is 0.335. The summed E-state index contributed by atoms with van der Waals surface area (Å²) in [5, 5.41) is 3.76. The topological polar surface area (TPSA) is 69.4 Å². The van der Waals surface area contributed by atoms with Crippen LogP contribution in [0.5, 0.6) is 0 Å². The molecule has 0 aromatic carbocycles. The average Bonchev–Trinajstić information content (AvgIpc) is 2.57. The zero-order valence-corrected chi connectivity index (χ0v) is 7.31. The van der Waals surface area contributed by atoms with E-state index in [0.717, 1.165) is 0 Å². The molecule has 0 bridgehead atoms. The zero-order chi connectivity index (χ0) is 8.60. The summed E-state index contributed by atoms with van der Waals surface area (Å²) in [5.41, 5.74) is 0. The Morgan fingerprint density at radius 3 is 3.33 bits per heavy atom. The molecule has 0 saturated carbocycles. The van der Waals surface area contributed by atoms with Crippen LogP contribution in [0.4, 0.5) is 5.95 Å². The van der Waals surface area contributed by atoms with Crippen LogP contribution in [-0.2, 0) is 9.09 Å². The molecule has 0 N–H and O–H groups in total. The van der Waals surface area contributed by atoms with Gasteiger partial charge in [0.25, 0.3) is 5.95 Å². The number of nitrogens with zero attached hydrogens (tertiary/aromatic N) is 4. The molecule has 1 atom stereocenters. The Hall–Kier alpha value is -1.00. The third-order valence-corrected chi connectivity index (χ3v) is 3.26. The Morgan fingerprint density at radius 2 is 2.58 bits per heavy atom. The Kier molecular flexibility index (Phi) is 1.59. The van der Waals surface area contributed by atoms with Crippen LogP contribution in [0.1, 0.15) is 6.92 Å². The Morgan fingerprint density at radius 1 is 1.75 bits per heavy atom. The molecule has 6 nitrogen and oxygen atoms in total. The molecule has 0 aliphatic carbocycles. The Balaban J connectivity index is 2.45. The van der Waals surface area contributed by atoms with E-state index in [-0.39, 0.29) is 0 Å². The SMILES string of the molecule is CCOP1(=O)C=Nc2ncnn21. The molecular weight excluding hydrogens is 179 g/mol. The van der Waals surface area contributed by atoms with Crippen molar-refractivity contribution in [2.45, 2.75) is 6.92 Å². The van der Waals surface area contributed by atoms with Gasteiger partial charge in [-0.25, -0.2) is 4.99 Å². The van der Waals surface area contributed by atoms with Crippen molar-refractivity contribution in [2.24, 2.45) is 4.99 Å². The third kappa shape index (κ3) is 0.922. The molecule has 1 aromatic heterocycles. The second-order valence-electron chi connectivity index (χ2n) is 2.18. The second kappa shape index (κ2) is 2.50. The van der Waals surface area contributed by atoms with Gasteiger partial charge in [-0.1, -0.05) is 0 Å². The van der Waals surface area contributed by atoms with Crippen LogP contribution in [-0.4, -0.2) is 27.1 Å². The van der Waals surface area contributed by atoms with E-state index in [9.17, 15) is 4.57 Å². The fourth-order valence-electron chi connectivity index (χ4n) is 0.958. The molecule has 0 radical (unpaired) electrons. The molecule has 1 aromatic rings. The summed E-state index contributed by atoms with van der Waals surface area (Å²) in [6.45, 7) is 2.13. The van der Waals surface area contributed by atoms with Gasteiger partial charge in [-0.05, 0) is 6.92 Å². The molecule has 12 heavy (non-hydrogen) atoms. The number of rotatable bonds is 2. The van der Waals surface area contributed by atoms with Gasteiger partial charge in [0.05, 0.1) is 6.61 Å². The van der Waals surface area contributed by atoms with Gasteiger partial charge in [0.15, 0.2) is 0 Å². The van der Waals surface area contributed by atoms with E-state index in [1.54, 1.807) is 6.92 Å². The smallest absolute Gasteiger partial charge is 0.308 e. The monoisotopic (exact) mass is 186 g/mol. The number of hydrogen-bond acceptors (Lipinski definition) is 5. The van der Waals surface area contributed by atoms with E-state index in [1.165, 1.54) is 16.7 Å². The number of aliphatic imine (C=N–C) groups is 1. The molecular formula is C5H7N4O2P. The molecule has 1 aliphatic heterocycles. The van der Waals surface area contributed by atoms with Crippen molar-refractivity contribution in [2.75, 3.05) is 6.61 Å². The van der Waals surface area contributed by atoms with E-state index >= 15 is 0 Å². The first-order valence-electron chi connectivity index (χ1n) is 3.46. The fraction of sp³-hybridized carbons (Fsp3) is 0.400. The van der Waals surface area contributed by atoms with Gasteiger partial charge in [0.1, 0.15) is 12.3 Å². The molecule has 0 fully saturated rings. The van der Waals surface area contributed by atoms with Crippen molar-refractivity contribution in [1.82, 2.24) is 14.5 Å². The van der Waals surface area contributed by atoms with Crippen molar-refractivity contribution in [3.63, 3.8) is 0 Å². The predicted molar refractivity (Wildman–Crippen MR) is 42.8 cm³/mol. The fourth-order valence-corrected chi connectivity index (χ4v) is 2.39. The second-order valence-corrected chi connectivity index (χ2v) is 4.17. The van der Waals surface area contributed by atoms with E-state index in [1.807, 2.05) is 0 Å². The molecule has 1 aliphatic rings. The van der Waals surface area contributed by atoms with Gasteiger partial charge < -0.3 is 4.52 Å². The lowest BCUT2D eigenvalue weighted by Crippen LogP contribution is -1.98. The van der Waals surface area contributed by atoms with Gasteiger partial charge in [-0.2, -0.15) is 4.98 Å². The van der Waals surface area contributed by atoms with Crippen LogP contribution in [0.25, 0.3) is 0 Å². The third-order valence-electron chi connectivity index (χ3n) is 1.41. The van der Waals surface area contributed by atoms with Crippen LogP contribution in [0, 0.1) is 0 Å². The minimum Gasteiger partial charge on any atom is -0.308 e. The van der Waals surface area contributed by atoms with Crippen LogP contribution in [0.15, 0.2) is 11.3 Å². The highest BCUT2D eigenvalue weighted by atomic mass is 31.2. The maximum absolute atomic E-state index is 11.8. The summed E-state index contributed by atoms with van der Waals surface area (Å²) in [6.07, 6.45) is 1.30. The average molecular weight is 186 g/mol. The van der Waals surface area contributed by atoms with Crippen molar-refractivity contribution >= 4 is 19.4 Å². The minimum absolute atomic E-state index is 0.340.